The third-order valence-electron chi connectivity index (χ3n) is 4.83. The third-order valence-corrected chi connectivity index (χ3v) is 6.04. The predicted octanol–water partition coefficient (Wildman–Crippen LogP) is 4.84. The highest BCUT2D eigenvalue weighted by molar-refractivity contribution is 7.99. The molecule has 1 aromatic heterocycles. The van der Waals surface area contributed by atoms with Gasteiger partial charge < -0.3 is 14.8 Å². The molecule has 170 valence electrons. The highest BCUT2D eigenvalue weighted by Crippen LogP contribution is 2.29. The highest BCUT2D eigenvalue weighted by atomic mass is 35.5. The zero-order valence-electron chi connectivity index (χ0n) is 18.5. The van der Waals surface area contributed by atoms with Gasteiger partial charge in [-0.2, -0.15) is 0 Å². The number of amides is 1. The summed E-state index contributed by atoms with van der Waals surface area (Å²) in [4.78, 5) is 30.4. The molecular weight excluding hydrogens is 450 g/mol. The second-order valence-electron chi connectivity index (χ2n) is 7.60. The number of hydrogen-bond acceptors (Lipinski definition) is 6. The average molecular weight is 476 g/mol. The summed E-state index contributed by atoms with van der Waals surface area (Å²) < 4.78 is 12.2. The van der Waals surface area contributed by atoms with Crippen molar-refractivity contribution in [2.75, 3.05) is 25.3 Å². The van der Waals surface area contributed by atoms with Gasteiger partial charge in [-0.25, -0.2) is 4.98 Å². The molecule has 0 aliphatic carbocycles. The molecule has 3 rings (SSSR count). The first kappa shape index (κ1) is 23.9. The van der Waals surface area contributed by atoms with Crippen molar-refractivity contribution >= 4 is 45.9 Å². The van der Waals surface area contributed by atoms with E-state index in [2.05, 4.69) is 24.1 Å². The number of nitrogens with one attached hydrogen (secondary N) is 1. The van der Waals surface area contributed by atoms with Gasteiger partial charge >= 0.3 is 0 Å². The molecule has 0 saturated heterocycles. The van der Waals surface area contributed by atoms with Crippen molar-refractivity contribution in [2.24, 2.45) is 5.92 Å². The number of methoxy groups -OCH3 is 2. The Hall–Kier alpha value is -2.71. The van der Waals surface area contributed by atoms with Crippen LogP contribution in [0, 0.1) is 5.92 Å². The van der Waals surface area contributed by atoms with Crippen LogP contribution in [0.4, 0.5) is 5.69 Å². The maximum atomic E-state index is 13.1. The van der Waals surface area contributed by atoms with Gasteiger partial charge in [-0.15, -0.1) is 0 Å². The predicted molar refractivity (Wildman–Crippen MR) is 129 cm³/mol. The fraction of sp³-hybridized carbons (Fsp3) is 0.348. The molecule has 0 fully saturated rings. The number of anilines is 1. The van der Waals surface area contributed by atoms with Crippen LogP contribution in [0.1, 0.15) is 20.3 Å². The van der Waals surface area contributed by atoms with Gasteiger partial charge in [0.25, 0.3) is 5.56 Å². The zero-order valence-corrected chi connectivity index (χ0v) is 20.0. The molecule has 1 N–H and O–H groups in total. The Balaban J connectivity index is 1.83. The summed E-state index contributed by atoms with van der Waals surface area (Å²) in [5.74, 6) is 1.38. The molecule has 0 aliphatic rings. The van der Waals surface area contributed by atoms with E-state index in [1.165, 1.54) is 18.9 Å². The summed E-state index contributed by atoms with van der Waals surface area (Å²) in [6, 6.07) is 10.2. The second-order valence-corrected chi connectivity index (χ2v) is 8.98. The van der Waals surface area contributed by atoms with Crippen LogP contribution in [0.25, 0.3) is 10.9 Å². The van der Waals surface area contributed by atoms with Crippen LogP contribution in [0.2, 0.25) is 5.02 Å². The van der Waals surface area contributed by atoms with Crippen LogP contribution in [-0.2, 0) is 11.3 Å². The maximum Gasteiger partial charge on any atom is 0.262 e. The quantitative estimate of drug-likeness (QED) is 0.352. The minimum absolute atomic E-state index is 0.0787. The Morgan fingerprint density at radius 3 is 2.66 bits per heavy atom. The Morgan fingerprint density at radius 2 is 1.97 bits per heavy atom. The SMILES string of the molecule is COc1ccc(NC(=O)CSc2nc3cc(Cl)ccc3c(=O)n2CCC(C)C)c(OC)c1. The molecule has 0 atom stereocenters. The first-order chi connectivity index (χ1) is 15.3. The third kappa shape index (κ3) is 5.75. The molecule has 0 bridgehead atoms. The number of aromatic nitrogens is 2. The fourth-order valence-corrected chi connectivity index (χ4v) is 4.08. The zero-order chi connectivity index (χ0) is 23.3. The normalized spacial score (nSPS) is 11.1. The summed E-state index contributed by atoms with van der Waals surface area (Å²) >= 11 is 7.31. The molecule has 0 saturated carbocycles. The Kier molecular flexibility index (Phi) is 8.04. The number of ether oxygens (including phenoxy) is 2. The minimum Gasteiger partial charge on any atom is -0.497 e. The smallest absolute Gasteiger partial charge is 0.262 e. The second kappa shape index (κ2) is 10.7. The molecule has 0 unspecified atom stereocenters. The number of nitrogens with zero attached hydrogens (tertiary/aromatic N) is 2. The topological polar surface area (TPSA) is 82.5 Å². The van der Waals surface area contributed by atoms with Crippen molar-refractivity contribution in [3.05, 3.63) is 51.8 Å². The van der Waals surface area contributed by atoms with Gasteiger partial charge in [-0.1, -0.05) is 37.2 Å². The van der Waals surface area contributed by atoms with E-state index in [-0.39, 0.29) is 17.2 Å². The lowest BCUT2D eigenvalue weighted by atomic mass is 10.1. The Morgan fingerprint density at radius 1 is 1.19 bits per heavy atom. The lowest BCUT2D eigenvalue weighted by Crippen LogP contribution is -2.25. The molecule has 9 heteroatoms. The van der Waals surface area contributed by atoms with E-state index in [1.54, 1.807) is 48.1 Å². The Labute approximate surface area is 196 Å². The number of rotatable bonds is 9. The van der Waals surface area contributed by atoms with E-state index in [4.69, 9.17) is 21.1 Å². The van der Waals surface area contributed by atoms with Crippen molar-refractivity contribution < 1.29 is 14.3 Å². The Bertz CT molecular complexity index is 1180. The lowest BCUT2D eigenvalue weighted by Gasteiger charge is -2.15. The minimum atomic E-state index is -0.241. The summed E-state index contributed by atoms with van der Waals surface area (Å²) in [5.41, 5.74) is 0.921. The average Bonchev–Trinajstić information content (AvgIpc) is 2.77. The highest BCUT2D eigenvalue weighted by Gasteiger charge is 2.15. The van der Waals surface area contributed by atoms with Gasteiger partial charge in [0, 0.05) is 17.6 Å². The number of halogens is 1. The molecule has 2 aromatic carbocycles. The fourth-order valence-electron chi connectivity index (χ4n) is 3.09. The van der Waals surface area contributed by atoms with Gasteiger partial charge in [0.1, 0.15) is 11.5 Å². The van der Waals surface area contributed by atoms with Crippen LogP contribution in [0.3, 0.4) is 0 Å². The van der Waals surface area contributed by atoms with Crippen molar-refractivity contribution in [2.45, 2.75) is 32.0 Å². The largest absolute Gasteiger partial charge is 0.497 e. The number of carbonyl (C=O) groups excluding carboxylic acids is 1. The lowest BCUT2D eigenvalue weighted by molar-refractivity contribution is -0.113. The molecule has 3 aromatic rings. The molecular formula is C23H26ClN3O4S. The van der Waals surface area contributed by atoms with Crippen LogP contribution in [0.5, 0.6) is 11.5 Å². The van der Waals surface area contributed by atoms with E-state index < -0.39 is 0 Å². The number of carbonyl (C=O) groups is 1. The number of thioether (sulfide) groups is 1. The molecule has 1 heterocycles. The van der Waals surface area contributed by atoms with Crippen molar-refractivity contribution in [1.82, 2.24) is 9.55 Å². The van der Waals surface area contributed by atoms with Crippen molar-refractivity contribution in [1.29, 1.82) is 0 Å². The molecule has 0 spiro atoms. The van der Waals surface area contributed by atoms with Crippen LogP contribution >= 0.6 is 23.4 Å². The van der Waals surface area contributed by atoms with E-state index in [0.29, 0.717) is 50.7 Å². The van der Waals surface area contributed by atoms with Crippen LogP contribution < -0.4 is 20.3 Å². The number of fused-ring (bicyclic) bond motifs is 1. The summed E-state index contributed by atoms with van der Waals surface area (Å²) in [6.45, 7) is 4.72. The van der Waals surface area contributed by atoms with E-state index in [9.17, 15) is 9.59 Å². The van der Waals surface area contributed by atoms with Crippen molar-refractivity contribution in [3.8, 4) is 11.5 Å². The first-order valence-corrected chi connectivity index (χ1v) is 11.5. The summed E-state index contributed by atoms with van der Waals surface area (Å²) in [6.07, 6.45) is 0.823. The summed E-state index contributed by atoms with van der Waals surface area (Å²) in [5, 5.41) is 4.34. The molecule has 0 radical (unpaired) electrons. The first-order valence-electron chi connectivity index (χ1n) is 10.2. The standard InChI is InChI=1S/C23H26ClN3O4S/c1-14(2)9-10-27-22(29)17-7-5-15(24)11-19(17)26-23(27)32-13-21(28)25-18-8-6-16(30-3)12-20(18)31-4/h5-8,11-12,14H,9-10,13H2,1-4H3,(H,25,28). The molecule has 1 amide bonds. The van der Waals surface area contributed by atoms with E-state index in [0.717, 1.165) is 6.42 Å². The van der Waals surface area contributed by atoms with Crippen LogP contribution in [-0.4, -0.2) is 35.4 Å². The van der Waals surface area contributed by atoms with Gasteiger partial charge in [-0.3, -0.25) is 14.2 Å². The van der Waals surface area contributed by atoms with E-state index >= 15 is 0 Å². The number of benzene rings is 2. The molecule has 0 aliphatic heterocycles. The summed E-state index contributed by atoms with van der Waals surface area (Å²) in [7, 11) is 3.09. The molecule has 32 heavy (non-hydrogen) atoms. The van der Waals surface area contributed by atoms with E-state index in [1.807, 2.05) is 0 Å². The number of hydrogen-bond donors (Lipinski definition) is 1. The van der Waals surface area contributed by atoms with Crippen molar-refractivity contribution in [3.63, 3.8) is 0 Å². The van der Waals surface area contributed by atoms with Crippen LogP contribution in [0.15, 0.2) is 46.3 Å². The van der Waals surface area contributed by atoms with Gasteiger partial charge in [0.2, 0.25) is 5.91 Å². The van der Waals surface area contributed by atoms with Gasteiger partial charge in [-0.05, 0) is 42.7 Å². The maximum absolute atomic E-state index is 13.1. The molecule has 7 nitrogen and oxygen atoms in total. The monoisotopic (exact) mass is 475 g/mol. The van der Waals surface area contributed by atoms with Gasteiger partial charge in [0.15, 0.2) is 5.16 Å². The van der Waals surface area contributed by atoms with Gasteiger partial charge in [0.05, 0.1) is 36.6 Å².